The average molecular weight is 235 g/mol. The van der Waals surface area contributed by atoms with E-state index >= 15 is 0 Å². The van der Waals surface area contributed by atoms with Gasteiger partial charge in [0.1, 0.15) is 11.1 Å². The molecule has 0 radical (unpaired) electrons. The summed E-state index contributed by atoms with van der Waals surface area (Å²) in [4.78, 5) is 4.32. The predicted molar refractivity (Wildman–Crippen MR) is 63.3 cm³/mol. The molecule has 0 aliphatic rings. The van der Waals surface area contributed by atoms with Crippen LogP contribution in [-0.4, -0.2) is 17.2 Å². The Morgan fingerprint density at radius 3 is 2.81 bits per heavy atom. The van der Waals surface area contributed by atoms with Crippen molar-refractivity contribution in [2.24, 2.45) is 0 Å². The molecule has 1 unspecified atom stereocenters. The van der Waals surface area contributed by atoms with Gasteiger partial charge in [-0.25, -0.2) is 4.98 Å². The number of aliphatic hydroxyl groups excluding tert-OH is 1. The Morgan fingerprint density at radius 2 is 2.12 bits per heavy atom. The highest BCUT2D eigenvalue weighted by Crippen LogP contribution is 2.24. The standard InChI is InChI=1S/C12H13NO2S/c1-15-7-10-8-16-12(13-10)11(14)9-5-3-2-4-6-9/h2-6,8,11,14H,7H2,1H3. The molecule has 1 aromatic heterocycles. The van der Waals surface area contributed by atoms with Crippen molar-refractivity contribution < 1.29 is 9.84 Å². The lowest BCUT2D eigenvalue weighted by Gasteiger charge is -2.06. The van der Waals surface area contributed by atoms with Crippen LogP contribution in [0.2, 0.25) is 0 Å². The van der Waals surface area contributed by atoms with Crippen molar-refractivity contribution in [1.82, 2.24) is 4.98 Å². The van der Waals surface area contributed by atoms with Gasteiger partial charge < -0.3 is 9.84 Å². The fourth-order valence-electron chi connectivity index (χ4n) is 1.44. The maximum Gasteiger partial charge on any atom is 0.131 e. The van der Waals surface area contributed by atoms with Crippen LogP contribution >= 0.6 is 11.3 Å². The van der Waals surface area contributed by atoms with E-state index < -0.39 is 6.10 Å². The predicted octanol–water partition coefficient (Wildman–Crippen LogP) is 2.37. The summed E-state index contributed by atoms with van der Waals surface area (Å²) in [6.07, 6.45) is -0.642. The van der Waals surface area contributed by atoms with Gasteiger partial charge in [-0.05, 0) is 5.56 Å². The van der Waals surface area contributed by atoms with Gasteiger partial charge in [-0.1, -0.05) is 30.3 Å². The van der Waals surface area contributed by atoms with E-state index in [4.69, 9.17) is 4.74 Å². The molecule has 84 valence electrons. The SMILES string of the molecule is COCc1csc(C(O)c2ccccc2)n1. The molecule has 2 rings (SSSR count). The molecule has 0 fully saturated rings. The highest BCUT2D eigenvalue weighted by molar-refractivity contribution is 7.09. The molecule has 16 heavy (non-hydrogen) atoms. The number of methoxy groups -OCH3 is 1. The van der Waals surface area contributed by atoms with Gasteiger partial charge >= 0.3 is 0 Å². The van der Waals surface area contributed by atoms with Crippen molar-refractivity contribution >= 4 is 11.3 Å². The van der Waals surface area contributed by atoms with Crippen molar-refractivity contribution in [3.8, 4) is 0 Å². The summed E-state index contributed by atoms with van der Waals surface area (Å²) in [7, 11) is 1.63. The highest BCUT2D eigenvalue weighted by Gasteiger charge is 2.13. The summed E-state index contributed by atoms with van der Waals surface area (Å²) in [5.74, 6) is 0. The van der Waals surface area contributed by atoms with Gasteiger partial charge in [0.2, 0.25) is 0 Å². The van der Waals surface area contributed by atoms with E-state index in [-0.39, 0.29) is 0 Å². The van der Waals surface area contributed by atoms with E-state index in [9.17, 15) is 5.11 Å². The number of benzene rings is 1. The summed E-state index contributed by atoms with van der Waals surface area (Å²) < 4.78 is 4.99. The topological polar surface area (TPSA) is 42.4 Å². The van der Waals surface area contributed by atoms with E-state index in [2.05, 4.69) is 4.98 Å². The Bertz CT molecular complexity index is 441. The molecule has 2 aromatic rings. The lowest BCUT2D eigenvalue weighted by molar-refractivity contribution is 0.180. The van der Waals surface area contributed by atoms with Crippen LogP contribution in [0.3, 0.4) is 0 Å². The minimum atomic E-state index is -0.642. The molecule has 1 N–H and O–H groups in total. The molecule has 0 saturated carbocycles. The minimum Gasteiger partial charge on any atom is -0.381 e. The summed E-state index contributed by atoms with van der Waals surface area (Å²) in [6, 6.07) is 9.52. The zero-order valence-electron chi connectivity index (χ0n) is 8.96. The molecule has 0 spiro atoms. The second-order valence-corrected chi connectivity index (χ2v) is 4.31. The Labute approximate surface area is 98.4 Å². The van der Waals surface area contributed by atoms with Gasteiger partial charge in [-0.15, -0.1) is 11.3 Å². The molecule has 3 nitrogen and oxygen atoms in total. The van der Waals surface area contributed by atoms with Crippen LogP contribution in [0.25, 0.3) is 0 Å². The Balaban J connectivity index is 2.17. The van der Waals surface area contributed by atoms with Gasteiger partial charge in [0.15, 0.2) is 0 Å². The molecular formula is C12H13NO2S. The van der Waals surface area contributed by atoms with Crippen LogP contribution in [0.4, 0.5) is 0 Å². The van der Waals surface area contributed by atoms with E-state index in [1.165, 1.54) is 11.3 Å². The fraction of sp³-hybridized carbons (Fsp3) is 0.250. The molecule has 0 bridgehead atoms. The second kappa shape index (κ2) is 5.21. The zero-order valence-corrected chi connectivity index (χ0v) is 9.78. The summed E-state index contributed by atoms with van der Waals surface area (Å²) >= 11 is 1.45. The molecule has 0 aliphatic carbocycles. The van der Waals surface area contributed by atoms with Gasteiger partial charge in [-0.3, -0.25) is 0 Å². The molecule has 0 amide bonds. The van der Waals surface area contributed by atoms with E-state index in [1.54, 1.807) is 7.11 Å². The number of ether oxygens (including phenoxy) is 1. The molecule has 1 heterocycles. The van der Waals surface area contributed by atoms with Crippen LogP contribution in [0.1, 0.15) is 22.4 Å². The third-order valence-electron chi connectivity index (χ3n) is 2.21. The first-order valence-corrected chi connectivity index (χ1v) is 5.85. The van der Waals surface area contributed by atoms with E-state index in [1.807, 2.05) is 35.7 Å². The normalized spacial score (nSPS) is 12.6. The quantitative estimate of drug-likeness (QED) is 0.884. The third-order valence-corrected chi connectivity index (χ3v) is 3.16. The lowest BCUT2D eigenvalue weighted by atomic mass is 10.1. The summed E-state index contributed by atoms with van der Waals surface area (Å²) in [5, 5.41) is 12.7. The first-order chi connectivity index (χ1) is 7.81. The van der Waals surface area contributed by atoms with Crippen molar-refractivity contribution in [3.63, 3.8) is 0 Å². The average Bonchev–Trinajstić information content (AvgIpc) is 2.78. The molecule has 0 aliphatic heterocycles. The molecule has 1 aromatic carbocycles. The van der Waals surface area contributed by atoms with Crippen LogP contribution < -0.4 is 0 Å². The maximum absolute atomic E-state index is 10.1. The molecule has 0 saturated heterocycles. The Kier molecular flexibility index (Phi) is 3.66. The number of aliphatic hydroxyl groups is 1. The Morgan fingerprint density at radius 1 is 1.38 bits per heavy atom. The van der Waals surface area contributed by atoms with Gasteiger partial charge in [-0.2, -0.15) is 0 Å². The van der Waals surface area contributed by atoms with E-state index in [0.29, 0.717) is 11.6 Å². The number of nitrogens with zero attached hydrogens (tertiary/aromatic N) is 1. The molecular weight excluding hydrogens is 222 g/mol. The number of aromatic nitrogens is 1. The summed E-state index contributed by atoms with van der Waals surface area (Å²) in [5.41, 5.74) is 1.72. The monoisotopic (exact) mass is 235 g/mol. The van der Waals surface area contributed by atoms with E-state index in [0.717, 1.165) is 11.3 Å². The number of hydrogen-bond acceptors (Lipinski definition) is 4. The zero-order chi connectivity index (χ0) is 11.4. The van der Waals surface area contributed by atoms with Crippen molar-refractivity contribution in [2.45, 2.75) is 12.7 Å². The first kappa shape index (κ1) is 11.3. The van der Waals surface area contributed by atoms with Crippen LogP contribution in [0.15, 0.2) is 35.7 Å². The smallest absolute Gasteiger partial charge is 0.131 e. The number of rotatable bonds is 4. The molecule has 4 heteroatoms. The fourth-order valence-corrected chi connectivity index (χ4v) is 2.25. The lowest BCUT2D eigenvalue weighted by Crippen LogP contribution is -1.99. The second-order valence-electron chi connectivity index (χ2n) is 3.42. The van der Waals surface area contributed by atoms with Crippen LogP contribution in [-0.2, 0) is 11.3 Å². The summed E-state index contributed by atoms with van der Waals surface area (Å²) in [6.45, 7) is 0.484. The largest absolute Gasteiger partial charge is 0.381 e. The van der Waals surface area contributed by atoms with Gasteiger partial charge in [0.25, 0.3) is 0 Å². The van der Waals surface area contributed by atoms with Crippen LogP contribution in [0, 0.1) is 0 Å². The van der Waals surface area contributed by atoms with Crippen molar-refractivity contribution in [2.75, 3.05) is 7.11 Å². The van der Waals surface area contributed by atoms with Gasteiger partial charge in [0, 0.05) is 12.5 Å². The molecule has 1 atom stereocenters. The number of hydrogen-bond donors (Lipinski definition) is 1. The van der Waals surface area contributed by atoms with Gasteiger partial charge in [0.05, 0.1) is 12.3 Å². The highest BCUT2D eigenvalue weighted by atomic mass is 32.1. The minimum absolute atomic E-state index is 0.484. The number of thiazole rings is 1. The van der Waals surface area contributed by atoms with Crippen molar-refractivity contribution in [3.05, 3.63) is 52.0 Å². The van der Waals surface area contributed by atoms with Crippen LogP contribution in [0.5, 0.6) is 0 Å². The first-order valence-electron chi connectivity index (χ1n) is 4.97. The van der Waals surface area contributed by atoms with Crippen molar-refractivity contribution in [1.29, 1.82) is 0 Å². The third kappa shape index (κ3) is 2.47. The maximum atomic E-state index is 10.1. The Hall–Kier alpha value is -1.23.